The molecule has 2 aromatic carbocycles. The lowest BCUT2D eigenvalue weighted by molar-refractivity contribution is -0.145. The van der Waals surface area contributed by atoms with Gasteiger partial charge in [-0.1, -0.05) is 24.3 Å². The van der Waals surface area contributed by atoms with Crippen LogP contribution >= 0.6 is 22.6 Å². The van der Waals surface area contributed by atoms with E-state index in [4.69, 9.17) is 4.74 Å². The van der Waals surface area contributed by atoms with Gasteiger partial charge < -0.3 is 15.4 Å². The number of hydrogen-bond acceptors (Lipinski definition) is 4. The molecule has 0 aliphatic heterocycles. The summed E-state index contributed by atoms with van der Waals surface area (Å²) >= 11 is 2.17. The van der Waals surface area contributed by atoms with Gasteiger partial charge in [0.15, 0.2) is 0 Å². The van der Waals surface area contributed by atoms with Crippen molar-refractivity contribution in [3.05, 3.63) is 69.0 Å². The smallest absolute Gasteiger partial charge is 0.328 e. The molecule has 0 heterocycles. The van der Waals surface area contributed by atoms with Crippen molar-refractivity contribution in [1.29, 1.82) is 0 Å². The summed E-state index contributed by atoms with van der Waals surface area (Å²) in [5, 5.41) is 5.20. The van der Waals surface area contributed by atoms with Crippen molar-refractivity contribution in [1.82, 2.24) is 10.6 Å². The summed E-state index contributed by atoms with van der Waals surface area (Å²) in [4.78, 5) is 36.6. The number of halogens is 2. The van der Waals surface area contributed by atoms with Gasteiger partial charge in [-0.3, -0.25) is 9.59 Å². The van der Waals surface area contributed by atoms with E-state index in [0.29, 0.717) is 5.56 Å². The van der Waals surface area contributed by atoms with Crippen LogP contribution in [-0.2, 0) is 32.0 Å². The Balaban J connectivity index is 2.16. The molecular weight excluding hydrogens is 490 g/mol. The maximum absolute atomic E-state index is 13.5. The van der Waals surface area contributed by atoms with E-state index < -0.39 is 35.7 Å². The monoisotopic (exact) mass is 512 g/mol. The van der Waals surface area contributed by atoms with Gasteiger partial charge in [0.05, 0.1) is 7.11 Å². The van der Waals surface area contributed by atoms with Crippen LogP contribution in [0.15, 0.2) is 48.5 Å². The number of carbonyl (C=O) groups excluding carboxylic acids is 3. The molecule has 6 nitrogen and oxygen atoms in total. The highest BCUT2D eigenvalue weighted by molar-refractivity contribution is 14.1. The Labute approximate surface area is 182 Å². The first-order valence-corrected chi connectivity index (χ1v) is 10.0. The number of rotatable bonds is 8. The molecule has 29 heavy (non-hydrogen) atoms. The van der Waals surface area contributed by atoms with Gasteiger partial charge in [-0.05, 0) is 58.0 Å². The zero-order chi connectivity index (χ0) is 21.4. The van der Waals surface area contributed by atoms with Crippen LogP contribution in [0.1, 0.15) is 18.1 Å². The molecule has 2 aromatic rings. The van der Waals surface area contributed by atoms with Gasteiger partial charge in [0.25, 0.3) is 0 Å². The Morgan fingerprint density at radius 1 is 1.00 bits per heavy atom. The van der Waals surface area contributed by atoms with Gasteiger partial charge >= 0.3 is 5.97 Å². The molecule has 0 aliphatic rings. The lowest BCUT2D eigenvalue weighted by Gasteiger charge is -2.22. The van der Waals surface area contributed by atoms with Crippen molar-refractivity contribution in [2.45, 2.75) is 31.8 Å². The zero-order valence-electron chi connectivity index (χ0n) is 16.1. The fourth-order valence-corrected chi connectivity index (χ4v) is 3.18. The van der Waals surface area contributed by atoms with Gasteiger partial charge in [-0.2, -0.15) is 0 Å². The number of nitrogens with one attached hydrogen (secondary N) is 2. The van der Waals surface area contributed by atoms with Crippen LogP contribution in [0.4, 0.5) is 4.39 Å². The van der Waals surface area contributed by atoms with Gasteiger partial charge in [-0.25, -0.2) is 9.18 Å². The second-order valence-electron chi connectivity index (χ2n) is 6.50. The normalized spacial score (nSPS) is 12.6. The molecule has 0 saturated carbocycles. The summed E-state index contributed by atoms with van der Waals surface area (Å²) in [5.74, 6) is -1.99. The van der Waals surface area contributed by atoms with Crippen LogP contribution in [-0.4, -0.2) is 37.0 Å². The third-order valence-electron chi connectivity index (χ3n) is 4.18. The molecule has 0 fully saturated rings. The van der Waals surface area contributed by atoms with E-state index in [2.05, 4.69) is 33.2 Å². The second-order valence-corrected chi connectivity index (χ2v) is 7.75. The first kappa shape index (κ1) is 22.8. The highest BCUT2D eigenvalue weighted by Crippen LogP contribution is 2.11. The second kappa shape index (κ2) is 10.9. The van der Waals surface area contributed by atoms with Crippen LogP contribution in [0.25, 0.3) is 0 Å². The number of hydrogen-bond donors (Lipinski definition) is 2. The molecule has 0 aliphatic carbocycles. The third-order valence-corrected chi connectivity index (χ3v) is 4.90. The molecule has 0 aromatic heterocycles. The molecule has 2 rings (SSSR count). The Hall–Kier alpha value is -2.49. The SMILES string of the molecule is COC(=O)[C@H](Cc1ccc(I)cc1)NC(=O)[C@H](Cc1cccc(F)c1)NC(C)=O. The van der Waals surface area contributed by atoms with Gasteiger partial charge in [0, 0.05) is 23.3 Å². The van der Waals surface area contributed by atoms with Crippen molar-refractivity contribution >= 4 is 40.4 Å². The highest BCUT2D eigenvalue weighted by atomic mass is 127. The van der Waals surface area contributed by atoms with E-state index in [-0.39, 0.29) is 12.8 Å². The van der Waals surface area contributed by atoms with Gasteiger partial charge in [0.2, 0.25) is 11.8 Å². The summed E-state index contributed by atoms with van der Waals surface area (Å²) in [7, 11) is 1.24. The van der Waals surface area contributed by atoms with E-state index in [1.54, 1.807) is 6.07 Å². The average molecular weight is 512 g/mol. The minimum atomic E-state index is -0.960. The quantitative estimate of drug-likeness (QED) is 0.421. The number of carbonyl (C=O) groups is 3. The van der Waals surface area contributed by atoms with Crippen LogP contribution in [0.2, 0.25) is 0 Å². The lowest BCUT2D eigenvalue weighted by atomic mass is 10.0. The first-order chi connectivity index (χ1) is 13.8. The summed E-state index contributed by atoms with van der Waals surface area (Å²) < 4.78 is 19.3. The summed E-state index contributed by atoms with van der Waals surface area (Å²) in [6.07, 6.45) is 0.322. The Morgan fingerprint density at radius 3 is 2.24 bits per heavy atom. The van der Waals surface area contributed by atoms with Crippen LogP contribution < -0.4 is 10.6 Å². The molecule has 0 spiro atoms. The molecule has 0 saturated heterocycles. The predicted octanol–water partition coefficient (Wildman–Crippen LogP) is 2.38. The number of benzene rings is 2. The summed E-state index contributed by atoms with van der Waals surface area (Å²) in [6, 6.07) is 11.4. The van der Waals surface area contributed by atoms with Crippen molar-refractivity contribution in [2.24, 2.45) is 0 Å². The standard InChI is InChI=1S/C21H22FIN2O4/c1-13(26)24-18(12-15-4-3-5-16(22)10-15)20(27)25-19(21(28)29-2)11-14-6-8-17(23)9-7-14/h3-10,18-19H,11-12H2,1-2H3,(H,24,26)(H,25,27)/t18-,19-/m0/s1. The minimum Gasteiger partial charge on any atom is -0.467 e. The van der Waals surface area contributed by atoms with Crippen molar-refractivity contribution in [2.75, 3.05) is 7.11 Å². The third kappa shape index (κ3) is 7.45. The maximum Gasteiger partial charge on any atom is 0.328 e. The van der Waals surface area contributed by atoms with Crippen molar-refractivity contribution in [3.63, 3.8) is 0 Å². The zero-order valence-corrected chi connectivity index (χ0v) is 18.2. The number of esters is 1. The van der Waals surface area contributed by atoms with Gasteiger partial charge in [0.1, 0.15) is 17.9 Å². The van der Waals surface area contributed by atoms with Crippen LogP contribution in [0.5, 0.6) is 0 Å². The molecular formula is C21H22FIN2O4. The van der Waals surface area contributed by atoms with Gasteiger partial charge in [-0.15, -0.1) is 0 Å². The number of ether oxygens (including phenoxy) is 1. The first-order valence-electron chi connectivity index (χ1n) is 8.92. The van der Waals surface area contributed by atoms with Crippen molar-refractivity contribution < 1.29 is 23.5 Å². The highest BCUT2D eigenvalue weighted by Gasteiger charge is 2.27. The van der Waals surface area contributed by atoms with E-state index in [0.717, 1.165) is 9.13 Å². The maximum atomic E-state index is 13.5. The van der Waals surface area contributed by atoms with E-state index in [1.807, 2.05) is 24.3 Å². The number of amides is 2. The topological polar surface area (TPSA) is 84.5 Å². The van der Waals surface area contributed by atoms with E-state index in [9.17, 15) is 18.8 Å². The molecule has 2 amide bonds. The Bertz CT molecular complexity index is 873. The number of methoxy groups -OCH3 is 1. The molecule has 0 radical (unpaired) electrons. The minimum absolute atomic E-state index is 0.0839. The molecule has 0 unspecified atom stereocenters. The van der Waals surface area contributed by atoms with Crippen LogP contribution in [0.3, 0.4) is 0 Å². The molecule has 2 N–H and O–H groups in total. The summed E-state index contributed by atoms with van der Waals surface area (Å²) in [6.45, 7) is 1.29. The molecule has 2 atom stereocenters. The largest absolute Gasteiger partial charge is 0.467 e. The lowest BCUT2D eigenvalue weighted by Crippen LogP contribution is -2.53. The van der Waals surface area contributed by atoms with E-state index >= 15 is 0 Å². The Morgan fingerprint density at radius 2 is 1.66 bits per heavy atom. The van der Waals surface area contributed by atoms with Crippen molar-refractivity contribution in [3.8, 4) is 0 Å². The Kier molecular flexibility index (Phi) is 8.56. The fourth-order valence-electron chi connectivity index (χ4n) is 2.82. The molecule has 8 heteroatoms. The fraction of sp³-hybridized carbons (Fsp3) is 0.286. The van der Waals surface area contributed by atoms with E-state index in [1.165, 1.54) is 32.2 Å². The summed E-state index contributed by atoms with van der Waals surface area (Å²) in [5.41, 5.74) is 1.40. The predicted molar refractivity (Wildman–Crippen MR) is 115 cm³/mol. The molecule has 154 valence electrons. The average Bonchev–Trinajstić information content (AvgIpc) is 2.67. The van der Waals surface area contributed by atoms with Crippen LogP contribution in [0, 0.1) is 9.39 Å². The molecule has 0 bridgehead atoms.